The molecule has 0 saturated heterocycles. The quantitative estimate of drug-likeness (QED) is 0.921. The van der Waals surface area contributed by atoms with Gasteiger partial charge in [0.05, 0.1) is 0 Å². The van der Waals surface area contributed by atoms with Gasteiger partial charge in [-0.2, -0.15) is 0 Å². The van der Waals surface area contributed by atoms with Gasteiger partial charge in [0.1, 0.15) is 6.10 Å². The summed E-state index contributed by atoms with van der Waals surface area (Å²) in [6.45, 7) is 1.77. The van der Waals surface area contributed by atoms with E-state index in [2.05, 4.69) is 5.43 Å². The van der Waals surface area contributed by atoms with Crippen LogP contribution in [0, 0.1) is 0 Å². The highest BCUT2D eigenvalue weighted by Gasteiger charge is 2.13. The Bertz CT molecular complexity index is 526. The molecule has 1 aromatic carbocycles. The van der Waals surface area contributed by atoms with E-state index in [1.165, 1.54) is 4.68 Å². The third-order valence-corrected chi connectivity index (χ3v) is 2.80. The summed E-state index contributed by atoms with van der Waals surface area (Å²) >= 11 is 6.03. The van der Waals surface area contributed by atoms with Gasteiger partial charge in [-0.3, -0.25) is 4.68 Å². The molecule has 0 aliphatic rings. The Morgan fingerprint density at radius 1 is 1.28 bits per heavy atom. The number of hydrogen-bond acceptors (Lipinski definition) is 2. The number of hydrogen-bond donors (Lipinski definition) is 1. The number of carbonyl (C=O) groups is 1. The van der Waals surface area contributed by atoms with Crippen molar-refractivity contribution in [1.82, 2.24) is 4.68 Å². The lowest BCUT2D eigenvalue weighted by Gasteiger charge is -2.15. The second kappa shape index (κ2) is 5.60. The van der Waals surface area contributed by atoms with E-state index in [0.29, 0.717) is 5.02 Å². The molecule has 1 amide bonds. The molecule has 2 rings (SSSR count). The zero-order valence-electron chi connectivity index (χ0n) is 9.84. The van der Waals surface area contributed by atoms with Crippen LogP contribution in [0.4, 0.5) is 4.79 Å². The Hall–Kier alpha value is -1.94. The summed E-state index contributed by atoms with van der Waals surface area (Å²) in [6.07, 6.45) is 2.48. The summed E-state index contributed by atoms with van der Waals surface area (Å²) in [7, 11) is 0. The van der Waals surface area contributed by atoms with E-state index in [0.717, 1.165) is 5.56 Å². The molecule has 18 heavy (non-hydrogen) atoms. The van der Waals surface area contributed by atoms with E-state index < -0.39 is 12.2 Å². The molecule has 0 fully saturated rings. The molecule has 1 unspecified atom stereocenters. The third kappa shape index (κ3) is 3.05. The van der Waals surface area contributed by atoms with E-state index in [-0.39, 0.29) is 0 Å². The van der Waals surface area contributed by atoms with Gasteiger partial charge in [-0.1, -0.05) is 29.8 Å². The van der Waals surface area contributed by atoms with Crippen LogP contribution in [0.2, 0.25) is 5.02 Å². The fraction of sp³-hybridized carbons (Fsp3) is 0.154. The summed E-state index contributed by atoms with van der Waals surface area (Å²) in [6, 6.07) is 10.9. The minimum absolute atomic E-state index is 0.408. The molecule has 4 nitrogen and oxygen atoms in total. The largest absolute Gasteiger partial charge is 0.440 e. The highest BCUT2D eigenvalue weighted by molar-refractivity contribution is 6.31. The molecule has 0 aliphatic carbocycles. The lowest BCUT2D eigenvalue weighted by Crippen LogP contribution is -2.23. The van der Waals surface area contributed by atoms with E-state index in [1.807, 2.05) is 18.2 Å². The van der Waals surface area contributed by atoms with Crippen LogP contribution in [-0.2, 0) is 4.74 Å². The zero-order chi connectivity index (χ0) is 13.0. The van der Waals surface area contributed by atoms with Crippen molar-refractivity contribution in [3.63, 3.8) is 0 Å². The van der Waals surface area contributed by atoms with Gasteiger partial charge in [-0.05, 0) is 25.1 Å². The van der Waals surface area contributed by atoms with Gasteiger partial charge in [0.25, 0.3) is 0 Å². The van der Waals surface area contributed by atoms with Crippen molar-refractivity contribution >= 4 is 17.7 Å². The molecule has 94 valence electrons. The molecule has 1 aromatic heterocycles. The van der Waals surface area contributed by atoms with Gasteiger partial charge in [0.2, 0.25) is 0 Å². The van der Waals surface area contributed by atoms with E-state index in [4.69, 9.17) is 16.3 Å². The monoisotopic (exact) mass is 264 g/mol. The molecule has 0 aliphatic heterocycles. The molecule has 1 N–H and O–H groups in total. The van der Waals surface area contributed by atoms with Gasteiger partial charge in [-0.25, -0.2) is 10.2 Å². The summed E-state index contributed by atoms with van der Waals surface area (Å²) in [5, 5.41) is 0.582. The van der Waals surface area contributed by atoms with Crippen molar-refractivity contribution < 1.29 is 9.53 Å². The second-order valence-electron chi connectivity index (χ2n) is 3.77. The second-order valence-corrected chi connectivity index (χ2v) is 4.18. The van der Waals surface area contributed by atoms with Gasteiger partial charge in [0.15, 0.2) is 0 Å². The molecule has 0 bridgehead atoms. The highest BCUT2D eigenvalue weighted by atomic mass is 35.5. The Kier molecular flexibility index (Phi) is 3.89. The molecular formula is C13H13ClN2O2. The van der Waals surface area contributed by atoms with Crippen LogP contribution in [0.5, 0.6) is 0 Å². The lowest BCUT2D eigenvalue weighted by molar-refractivity contribution is 0.118. The van der Waals surface area contributed by atoms with Gasteiger partial charge < -0.3 is 4.74 Å². The number of benzene rings is 1. The first-order valence-electron chi connectivity index (χ1n) is 5.52. The van der Waals surface area contributed by atoms with Gasteiger partial charge in [-0.15, -0.1) is 0 Å². The predicted octanol–water partition coefficient (Wildman–Crippen LogP) is 3.58. The number of amides is 1. The first-order chi connectivity index (χ1) is 8.66. The van der Waals surface area contributed by atoms with Crippen LogP contribution in [0.25, 0.3) is 0 Å². The van der Waals surface area contributed by atoms with Crippen LogP contribution < -0.4 is 5.43 Å². The highest BCUT2D eigenvalue weighted by Crippen LogP contribution is 2.24. The van der Waals surface area contributed by atoms with E-state index in [1.54, 1.807) is 37.5 Å². The zero-order valence-corrected chi connectivity index (χ0v) is 10.6. The van der Waals surface area contributed by atoms with E-state index in [9.17, 15) is 4.79 Å². The molecule has 0 spiro atoms. The minimum atomic E-state index is -0.529. The number of nitrogens with zero attached hydrogens (tertiary/aromatic N) is 1. The van der Waals surface area contributed by atoms with Crippen LogP contribution in [0.3, 0.4) is 0 Å². The molecule has 0 saturated carbocycles. The van der Waals surface area contributed by atoms with Crippen molar-refractivity contribution in [2.45, 2.75) is 13.0 Å². The van der Waals surface area contributed by atoms with Crippen LogP contribution in [-0.4, -0.2) is 10.8 Å². The molecule has 5 heteroatoms. The summed E-state index contributed by atoms with van der Waals surface area (Å²) < 4.78 is 6.75. The topological polar surface area (TPSA) is 43.3 Å². The minimum Gasteiger partial charge on any atom is -0.440 e. The van der Waals surface area contributed by atoms with E-state index >= 15 is 0 Å². The summed E-state index contributed by atoms with van der Waals surface area (Å²) in [5.74, 6) is 0. The number of carbonyl (C=O) groups excluding carboxylic acids is 1. The predicted molar refractivity (Wildman–Crippen MR) is 70.1 cm³/mol. The smallest absolute Gasteiger partial charge is 0.427 e. The Morgan fingerprint density at radius 3 is 2.61 bits per heavy atom. The van der Waals surface area contributed by atoms with Crippen LogP contribution in [0.1, 0.15) is 18.6 Å². The van der Waals surface area contributed by atoms with Crippen molar-refractivity contribution in [3.8, 4) is 0 Å². The van der Waals surface area contributed by atoms with Gasteiger partial charge in [0, 0.05) is 23.0 Å². The molecule has 1 heterocycles. The summed E-state index contributed by atoms with van der Waals surface area (Å²) in [5.41, 5.74) is 3.33. The Labute approximate surface area is 110 Å². The molecule has 2 aromatic rings. The SMILES string of the molecule is CC(OC(=O)Nn1cccc1)c1ccccc1Cl. The van der Waals surface area contributed by atoms with Crippen molar-refractivity contribution in [2.24, 2.45) is 0 Å². The fourth-order valence-corrected chi connectivity index (χ4v) is 1.86. The Morgan fingerprint density at radius 2 is 1.94 bits per heavy atom. The maximum absolute atomic E-state index is 11.6. The lowest BCUT2D eigenvalue weighted by atomic mass is 10.1. The normalized spacial score (nSPS) is 11.9. The van der Waals surface area contributed by atoms with Gasteiger partial charge >= 0.3 is 6.09 Å². The average molecular weight is 265 g/mol. The number of ether oxygens (including phenoxy) is 1. The van der Waals surface area contributed by atoms with Crippen LogP contribution in [0.15, 0.2) is 48.8 Å². The molecule has 1 atom stereocenters. The molecular weight excluding hydrogens is 252 g/mol. The maximum Gasteiger partial charge on any atom is 0.427 e. The number of halogens is 1. The summed E-state index contributed by atoms with van der Waals surface area (Å²) in [4.78, 5) is 11.6. The number of nitrogens with one attached hydrogen (secondary N) is 1. The number of rotatable bonds is 3. The first kappa shape index (κ1) is 12.5. The standard InChI is InChI=1S/C13H13ClN2O2/c1-10(11-6-2-3-7-12(11)14)18-13(17)15-16-8-4-5-9-16/h2-10H,1H3,(H,15,17). The average Bonchev–Trinajstić information content (AvgIpc) is 2.82. The fourth-order valence-electron chi connectivity index (χ4n) is 1.57. The van der Waals surface area contributed by atoms with Crippen molar-refractivity contribution in [3.05, 3.63) is 59.4 Å². The Balaban J connectivity index is 1.97. The third-order valence-electron chi connectivity index (χ3n) is 2.45. The van der Waals surface area contributed by atoms with Crippen molar-refractivity contribution in [1.29, 1.82) is 0 Å². The van der Waals surface area contributed by atoms with Crippen LogP contribution >= 0.6 is 11.6 Å². The molecule has 0 radical (unpaired) electrons. The maximum atomic E-state index is 11.6. The number of aromatic nitrogens is 1. The first-order valence-corrected chi connectivity index (χ1v) is 5.89. The van der Waals surface area contributed by atoms with Crippen molar-refractivity contribution in [2.75, 3.05) is 5.43 Å².